The van der Waals surface area contributed by atoms with Gasteiger partial charge in [0.2, 0.25) is 0 Å². The zero-order chi connectivity index (χ0) is 13.4. The summed E-state index contributed by atoms with van der Waals surface area (Å²) in [5.74, 6) is -0.562. The fourth-order valence-electron chi connectivity index (χ4n) is 0.852. The van der Waals surface area contributed by atoms with Gasteiger partial charge in [-0.2, -0.15) is 4.31 Å². The van der Waals surface area contributed by atoms with E-state index in [0.717, 1.165) is 4.31 Å². The van der Waals surface area contributed by atoms with Crippen LogP contribution in [0.5, 0.6) is 0 Å². The summed E-state index contributed by atoms with van der Waals surface area (Å²) in [7, 11) is 0. The number of carbonyl (C=O) groups excluding carboxylic acids is 2. The van der Waals surface area contributed by atoms with Crippen molar-refractivity contribution in [2.75, 3.05) is 6.54 Å². The minimum Gasteiger partial charge on any atom is -0.271 e. The highest BCUT2D eigenvalue weighted by molar-refractivity contribution is 8.04. The van der Waals surface area contributed by atoms with E-state index in [4.69, 9.17) is 69.6 Å². The van der Waals surface area contributed by atoms with E-state index < -0.39 is 18.2 Å². The Labute approximate surface area is 135 Å². The molecule has 1 aliphatic rings. The number of hydrogen-bond donors (Lipinski definition) is 0. The van der Waals surface area contributed by atoms with Crippen LogP contribution in [-0.2, 0) is 4.79 Å². The Bertz CT molecular complexity index is 342. The van der Waals surface area contributed by atoms with Crippen LogP contribution in [0.25, 0.3) is 0 Å². The first-order valence-electron chi connectivity index (χ1n) is 3.66. The van der Waals surface area contributed by atoms with E-state index in [1.165, 1.54) is 0 Å². The van der Waals surface area contributed by atoms with Crippen molar-refractivity contribution in [1.82, 2.24) is 8.61 Å². The van der Waals surface area contributed by atoms with Gasteiger partial charge in [0, 0.05) is 23.9 Å². The molecule has 17 heavy (non-hydrogen) atoms. The first-order chi connectivity index (χ1) is 7.49. The second kappa shape index (κ2) is 5.79. The molecule has 4 nitrogen and oxygen atoms in total. The highest BCUT2D eigenvalue weighted by Crippen LogP contribution is 2.46. The number of urea groups is 1. The molecular weight excluding hydrogens is 397 g/mol. The molecule has 0 unspecified atom stereocenters. The Morgan fingerprint density at radius 3 is 1.82 bits per heavy atom. The SMILES string of the molecule is O=C1CN(SC(Cl)(Cl)Cl)C(=O)N1SC(Cl)(Cl)Cl. The topological polar surface area (TPSA) is 40.6 Å². The maximum absolute atomic E-state index is 11.7. The zero-order valence-electron chi connectivity index (χ0n) is 7.50. The summed E-state index contributed by atoms with van der Waals surface area (Å²) in [5.41, 5.74) is 0. The molecule has 12 heteroatoms. The average molecular weight is 399 g/mol. The minimum absolute atomic E-state index is 0.259. The Morgan fingerprint density at radius 2 is 1.41 bits per heavy atom. The van der Waals surface area contributed by atoms with Crippen LogP contribution in [0.4, 0.5) is 4.79 Å². The summed E-state index contributed by atoms with van der Waals surface area (Å²) >= 11 is 33.9. The maximum atomic E-state index is 11.7. The van der Waals surface area contributed by atoms with Crippen molar-refractivity contribution in [3.63, 3.8) is 0 Å². The first kappa shape index (κ1) is 16.4. The van der Waals surface area contributed by atoms with Crippen LogP contribution >= 0.6 is 93.5 Å². The third-order valence-electron chi connectivity index (χ3n) is 1.30. The molecule has 0 bridgehead atoms. The first-order valence-corrected chi connectivity index (χ1v) is 7.47. The molecule has 0 aromatic carbocycles. The Kier molecular flexibility index (Phi) is 5.60. The Balaban J connectivity index is 2.72. The lowest BCUT2D eigenvalue weighted by molar-refractivity contribution is -0.121. The van der Waals surface area contributed by atoms with E-state index in [1.54, 1.807) is 0 Å². The molecule has 0 saturated carbocycles. The van der Waals surface area contributed by atoms with Crippen molar-refractivity contribution in [2.24, 2.45) is 0 Å². The second-order valence-electron chi connectivity index (χ2n) is 2.58. The van der Waals surface area contributed by atoms with Gasteiger partial charge in [0.1, 0.15) is 6.54 Å². The molecule has 0 radical (unpaired) electrons. The molecule has 0 atom stereocenters. The van der Waals surface area contributed by atoms with Crippen molar-refractivity contribution in [3.05, 3.63) is 0 Å². The van der Waals surface area contributed by atoms with Gasteiger partial charge in [0.15, 0.2) is 0 Å². The molecule has 0 aromatic heterocycles. The molecule has 0 aliphatic carbocycles. The quantitative estimate of drug-likeness (QED) is 0.397. The summed E-state index contributed by atoms with van der Waals surface area (Å²) in [5, 5.41) is 0. The number of rotatable bonds is 2. The van der Waals surface area contributed by atoms with Gasteiger partial charge < -0.3 is 0 Å². The average Bonchev–Trinajstić information content (AvgIpc) is 2.27. The summed E-state index contributed by atoms with van der Waals surface area (Å²) in [6, 6.07) is -0.720. The van der Waals surface area contributed by atoms with E-state index in [9.17, 15) is 9.59 Å². The van der Waals surface area contributed by atoms with Gasteiger partial charge >= 0.3 is 6.03 Å². The molecule has 0 aromatic rings. The van der Waals surface area contributed by atoms with Crippen molar-refractivity contribution in [1.29, 1.82) is 0 Å². The fourth-order valence-corrected chi connectivity index (χ4v) is 3.40. The van der Waals surface area contributed by atoms with Gasteiger partial charge in [0.25, 0.3) is 12.2 Å². The summed E-state index contributed by atoms with van der Waals surface area (Å²) in [6.45, 7) is -0.259. The monoisotopic (exact) mass is 396 g/mol. The molecule has 0 N–H and O–H groups in total. The lowest BCUT2D eigenvalue weighted by Gasteiger charge is -2.20. The van der Waals surface area contributed by atoms with Crippen LogP contribution in [0.3, 0.4) is 0 Å². The highest BCUT2D eigenvalue weighted by Gasteiger charge is 2.44. The molecule has 1 aliphatic heterocycles. The summed E-state index contributed by atoms with van der Waals surface area (Å²) in [4.78, 5) is 23.2. The minimum atomic E-state index is -1.83. The molecule has 0 spiro atoms. The van der Waals surface area contributed by atoms with Crippen LogP contribution in [0.2, 0.25) is 0 Å². The van der Waals surface area contributed by atoms with E-state index in [1.807, 2.05) is 0 Å². The lowest BCUT2D eigenvalue weighted by atomic mass is 10.7. The molecule has 1 saturated heterocycles. The smallest absolute Gasteiger partial charge is 0.271 e. The van der Waals surface area contributed by atoms with Gasteiger partial charge in [0.05, 0.1) is 0 Å². The lowest BCUT2D eigenvalue weighted by Crippen LogP contribution is -2.28. The molecule has 3 amide bonds. The molecule has 1 rings (SSSR count). The Hall–Kier alpha value is 1.38. The predicted octanol–water partition coefficient (Wildman–Crippen LogP) is 4.20. The van der Waals surface area contributed by atoms with Gasteiger partial charge in [-0.25, -0.2) is 4.79 Å². The van der Waals surface area contributed by atoms with Crippen molar-refractivity contribution in [3.8, 4) is 0 Å². The fraction of sp³-hybridized carbons (Fsp3) is 0.600. The van der Waals surface area contributed by atoms with Crippen molar-refractivity contribution < 1.29 is 9.59 Å². The number of amides is 3. The second-order valence-corrected chi connectivity index (χ2v) is 10.9. The predicted molar refractivity (Wildman–Crippen MR) is 74.7 cm³/mol. The van der Waals surface area contributed by atoms with E-state index in [2.05, 4.69) is 0 Å². The Morgan fingerprint density at radius 1 is 0.941 bits per heavy atom. The number of carbonyl (C=O) groups is 2. The largest absolute Gasteiger partial charge is 0.347 e. The van der Waals surface area contributed by atoms with Crippen molar-refractivity contribution in [2.45, 2.75) is 6.25 Å². The van der Waals surface area contributed by atoms with E-state index in [-0.39, 0.29) is 6.54 Å². The van der Waals surface area contributed by atoms with Crippen LogP contribution in [-0.4, -0.2) is 33.3 Å². The molecule has 1 heterocycles. The van der Waals surface area contributed by atoms with E-state index >= 15 is 0 Å². The maximum Gasteiger partial charge on any atom is 0.347 e. The number of nitrogens with zero attached hydrogens (tertiary/aromatic N) is 2. The van der Waals surface area contributed by atoms with Crippen molar-refractivity contribution >= 4 is 105 Å². The van der Waals surface area contributed by atoms with E-state index in [0.29, 0.717) is 28.2 Å². The molecule has 98 valence electrons. The number of halogens is 6. The number of hydrogen-bond acceptors (Lipinski definition) is 4. The third-order valence-corrected chi connectivity index (χ3v) is 4.01. The van der Waals surface area contributed by atoms with Gasteiger partial charge in [-0.3, -0.25) is 9.10 Å². The normalized spacial score (nSPS) is 18.2. The van der Waals surface area contributed by atoms with Crippen LogP contribution in [0.15, 0.2) is 0 Å². The van der Waals surface area contributed by atoms with Gasteiger partial charge in [-0.05, 0) is 0 Å². The molecular formula is C5H2Cl6N2O2S2. The standard InChI is InChI=1S/C5H2Cl6N2O2S2/c6-4(7,8)16-12-1-2(14)13(3(12)15)17-5(9,10)11/h1H2. The summed E-state index contributed by atoms with van der Waals surface area (Å²) < 4.78 is -1.91. The highest BCUT2D eigenvalue weighted by atomic mass is 35.6. The third kappa shape index (κ3) is 5.48. The van der Waals surface area contributed by atoms with Crippen LogP contribution in [0, 0.1) is 0 Å². The summed E-state index contributed by atoms with van der Waals surface area (Å²) in [6.07, 6.45) is 0. The van der Waals surface area contributed by atoms with Crippen LogP contribution < -0.4 is 0 Å². The zero-order valence-corrected chi connectivity index (χ0v) is 13.7. The molecule has 1 fully saturated rings. The van der Waals surface area contributed by atoms with Gasteiger partial charge in [-0.1, -0.05) is 69.6 Å². The number of alkyl halides is 6. The van der Waals surface area contributed by atoms with Gasteiger partial charge in [-0.15, -0.1) is 0 Å². The van der Waals surface area contributed by atoms with Crippen LogP contribution in [0.1, 0.15) is 0 Å². The number of imide groups is 1.